The molecule has 0 aliphatic carbocycles. The van der Waals surface area contributed by atoms with Crippen molar-refractivity contribution in [3.8, 4) is 5.75 Å². The van der Waals surface area contributed by atoms with Gasteiger partial charge in [0.25, 0.3) is 5.91 Å². The maximum absolute atomic E-state index is 12.6. The van der Waals surface area contributed by atoms with Gasteiger partial charge in [-0.25, -0.2) is 0 Å². The number of hydrogen-bond acceptors (Lipinski definition) is 3. The summed E-state index contributed by atoms with van der Waals surface area (Å²) in [5, 5.41) is 3.72. The van der Waals surface area contributed by atoms with Gasteiger partial charge < -0.3 is 15.0 Å². The zero-order valence-corrected chi connectivity index (χ0v) is 16.8. The van der Waals surface area contributed by atoms with E-state index in [-0.39, 0.29) is 23.3 Å². The number of piperidine rings is 1. The van der Waals surface area contributed by atoms with Crippen molar-refractivity contribution < 1.29 is 14.3 Å². The number of amides is 2. The van der Waals surface area contributed by atoms with Crippen molar-refractivity contribution in [2.45, 2.75) is 59.1 Å². The summed E-state index contributed by atoms with van der Waals surface area (Å²) in [7, 11) is 0. The second-order valence-electron chi connectivity index (χ2n) is 8.12. The lowest BCUT2D eigenvalue weighted by molar-refractivity contribution is -0.139. The van der Waals surface area contributed by atoms with Gasteiger partial charge in [-0.1, -0.05) is 32.4 Å². The molecule has 2 amide bonds. The first-order valence-corrected chi connectivity index (χ1v) is 9.52. The first kappa shape index (κ1) is 20.6. The van der Waals surface area contributed by atoms with Gasteiger partial charge in [0, 0.05) is 30.6 Å². The lowest BCUT2D eigenvalue weighted by Crippen LogP contribution is -2.49. The Labute approximate surface area is 161 Å². The first-order chi connectivity index (χ1) is 12.1. The van der Waals surface area contributed by atoms with Crippen molar-refractivity contribution in [2.24, 2.45) is 5.41 Å². The van der Waals surface area contributed by atoms with E-state index in [1.54, 1.807) is 31.2 Å². The Morgan fingerprint density at radius 3 is 2.35 bits per heavy atom. The van der Waals surface area contributed by atoms with Gasteiger partial charge in [0.15, 0.2) is 6.10 Å². The molecule has 1 heterocycles. The summed E-state index contributed by atoms with van der Waals surface area (Å²) in [5.74, 6) is 0.681. The summed E-state index contributed by atoms with van der Waals surface area (Å²) < 4.78 is 5.71. The quantitative estimate of drug-likeness (QED) is 0.848. The lowest BCUT2D eigenvalue weighted by atomic mass is 9.91. The Kier molecular flexibility index (Phi) is 6.93. The molecule has 1 unspecified atom stereocenters. The van der Waals surface area contributed by atoms with Gasteiger partial charge in [0.1, 0.15) is 5.75 Å². The summed E-state index contributed by atoms with van der Waals surface area (Å²) in [5.41, 5.74) is -0.0187. The molecule has 1 aromatic rings. The summed E-state index contributed by atoms with van der Waals surface area (Å²) in [4.78, 5) is 26.4. The fraction of sp³-hybridized carbons (Fsp3) is 0.600. The van der Waals surface area contributed by atoms with Crippen LogP contribution in [0.25, 0.3) is 0 Å². The van der Waals surface area contributed by atoms with E-state index < -0.39 is 6.10 Å². The minimum Gasteiger partial charge on any atom is -0.481 e. The molecule has 1 saturated heterocycles. The zero-order chi connectivity index (χ0) is 19.3. The van der Waals surface area contributed by atoms with Crippen LogP contribution in [0.1, 0.15) is 47.0 Å². The molecule has 1 fully saturated rings. The Morgan fingerprint density at radius 2 is 1.81 bits per heavy atom. The van der Waals surface area contributed by atoms with Gasteiger partial charge in [-0.05, 0) is 49.4 Å². The van der Waals surface area contributed by atoms with Gasteiger partial charge in [-0.2, -0.15) is 0 Å². The molecule has 1 aromatic carbocycles. The molecule has 144 valence electrons. The van der Waals surface area contributed by atoms with E-state index in [9.17, 15) is 9.59 Å². The molecule has 0 aromatic heterocycles. The standard InChI is InChI=1S/C20H29ClN2O3/c1-14(26-17-7-5-15(21)6-8-17)19(25)23-11-9-16(10-12-23)22-18(24)13-20(2,3)4/h5-8,14,16H,9-13H2,1-4H3,(H,22,24). The van der Waals surface area contributed by atoms with Crippen LogP contribution in [-0.4, -0.2) is 41.9 Å². The van der Waals surface area contributed by atoms with E-state index in [1.807, 2.05) is 4.90 Å². The minimum atomic E-state index is -0.553. The van der Waals surface area contributed by atoms with Crippen LogP contribution in [0.5, 0.6) is 5.75 Å². The molecule has 1 atom stereocenters. The van der Waals surface area contributed by atoms with Crippen LogP contribution in [0.15, 0.2) is 24.3 Å². The van der Waals surface area contributed by atoms with E-state index in [0.717, 1.165) is 12.8 Å². The minimum absolute atomic E-state index is 0.0187. The van der Waals surface area contributed by atoms with Crippen molar-refractivity contribution in [3.05, 3.63) is 29.3 Å². The van der Waals surface area contributed by atoms with Crippen molar-refractivity contribution in [1.82, 2.24) is 10.2 Å². The number of hydrogen-bond donors (Lipinski definition) is 1. The van der Waals surface area contributed by atoms with Crippen LogP contribution in [0.4, 0.5) is 0 Å². The van der Waals surface area contributed by atoms with Crippen LogP contribution >= 0.6 is 11.6 Å². The molecule has 0 spiro atoms. The highest BCUT2D eigenvalue weighted by atomic mass is 35.5. The number of nitrogens with one attached hydrogen (secondary N) is 1. The summed E-state index contributed by atoms with van der Waals surface area (Å²) in [6, 6.07) is 7.12. The first-order valence-electron chi connectivity index (χ1n) is 9.14. The lowest BCUT2D eigenvalue weighted by Gasteiger charge is -2.34. The highest BCUT2D eigenvalue weighted by Crippen LogP contribution is 2.20. The largest absolute Gasteiger partial charge is 0.481 e. The highest BCUT2D eigenvalue weighted by molar-refractivity contribution is 6.30. The van der Waals surface area contributed by atoms with E-state index in [2.05, 4.69) is 26.1 Å². The van der Waals surface area contributed by atoms with E-state index in [4.69, 9.17) is 16.3 Å². The van der Waals surface area contributed by atoms with Crippen LogP contribution in [-0.2, 0) is 9.59 Å². The number of rotatable bonds is 5. The molecule has 0 bridgehead atoms. The van der Waals surface area contributed by atoms with Crippen molar-refractivity contribution in [2.75, 3.05) is 13.1 Å². The molecule has 1 aliphatic rings. The summed E-state index contributed by atoms with van der Waals surface area (Å²) >= 11 is 5.86. The van der Waals surface area contributed by atoms with E-state index >= 15 is 0 Å². The van der Waals surface area contributed by atoms with Crippen LogP contribution < -0.4 is 10.1 Å². The predicted molar refractivity (Wildman–Crippen MR) is 103 cm³/mol. The average Bonchev–Trinajstić information content (AvgIpc) is 2.55. The van der Waals surface area contributed by atoms with Crippen LogP contribution in [0.2, 0.25) is 5.02 Å². The molecule has 1 aliphatic heterocycles. The van der Waals surface area contributed by atoms with E-state index in [1.165, 1.54) is 0 Å². The van der Waals surface area contributed by atoms with Gasteiger partial charge in [0.2, 0.25) is 5.91 Å². The Balaban J connectivity index is 1.78. The third-order valence-corrected chi connectivity index (χ3v) is 4.59. The highest BCUT2D eigenvalue weighted by Gasteiger charge is 2.28. The predicted octanol–water partition coefficient (Wildman–Crippen LogP) is 3.65. The topological polar surface area (TPSA) is 58.6 Å². The van der Waals surface area contributed by atoms with Gasteiger partial charge in [0.05, 0.1) is 0 Å². The van der Waals surface area contributed by atoms with Gasteiger partial charge >= 0.3 is 0 Å². The smallest absolute Gasteiger partial charge is 0.263 e. The number of carbonyl (C=O) groups excluding carboxylic acids is 2. The third-order valence-electron chi connectivity index (χ3n) is 4.34. The van der Waals surface area contributed by atoms with Crippen LogP contribution in [0.3, 0.4) is 0 Å². The number of carbonyl (C=O) groups is 2. The summed E-state index contributed by atoms with van der Waals surface area (Å²) in [6.45, 7) is 9.18. The van der Waals surface area contributed by atoms with Crippen LogP contribution in [0, 0.1) is 5.41 Å². The zero-order valence-electron chi connectivity index (χ0n) is 16.0. The average molecular weight is 381 g/mol. The molecule has 1 N–H and O–H groups in total. The fourth-order valence-corrected chi connectivity index (χ4v) is 3.16. The van der Waals surface area contributed by atoms with Crippen molar-refractivity contribution in [1.29, 1.82) is 0 Å². The van der Waals surface area contributed by atoms with Crippen molar-refractivity contribution >= 4 is 23.4 Å². The SMILES string of the molecule is CC(Oc1ccc(Cl)cc1)C(=O)N1CCC(NC(=O)CC(C)(C)C)CC1. The number of ether oxygens (including phenoxy) is 1. The van der Waals surface area contributed by atoms with Crippen molar-refractivity contribution in [3.63, 3.8) is 0 Å². The third kappa shape index (κ3) is 6.52. The Bertz CT molecular complexity index is 617. The second kappa shape index (κ2) is 8.76. The summed E-state index contributed by atoms with van der Waals surface area (Å²) in [6.07, 6.45) is 1.51. The number of halogens is 1. The second-order valence-corrected chi connectivity index (χ2v) is 8.55. The molecule has 2 rings (SSSR count). The molecule has 0 saturated carbocycles. The molecule has 0 radical (unpaired) electrons. The molecule has 5 nitrogen and oxygen atoms in total. The monoisotopic (exact) mass is 380 g/mol. The Hall–Kier alpha value is -1.75. The molecule has 6 heteroatoms. The number of nitrogens with zero attached hydrogens (tertiary/aromatic N) is 1. The van der Waals surface area contributed by atoms with E-state index in [0.29, 0.717) is 30.3 Å². The fourth-order valence-electron chi connectivity index (χ4n) is 3.03. The maximum Gasteiger partial charge on any atom is 0.263 e. The normalized spacial score (nSPS) is 16.9. The van der Waals surface area contributed by atoms with Gasteiger partial charge in [-0.3, -0.25) is 9.59 Å². The van der Waals surface area contributed by atoms with Gasteiger partial charge in [-0.15, -0.1) is 0 Å². The molecular formula is C20H29ClN2O3. The molecular weight excluding hydrogens is 352 g/mol. The Morgan fingerprint density at radius 1 is 1.23 bits per heavy atom. The molecule has 26 heavy (non-hydrogen) atoms. The number of likely N-dealkylation sites (tertiary alicyclic amines) is 1. The number of benzene rings is 1. The maximum atomic E-state index is 12.6.